The molecule has 0 aliphatic heterocycles. The lowest BCUT2D eigenvalue weighted by Gasteiger charge is -2.16. The zero-order valence-corrected chi connectivity index (χ0v) is 16.7. The maximum atomic E-state index is 13.4. The second kappa shape index (κ2) is 8.20. The van der Waals surface area contributed by atoms with Crippen molar-refractivity contribution in [1.82, 2.24) is 9.55 Å². The number of hydrogen-bond acceptors (Lipinski definition) is 4. The normalized spacial score (nSPS) is 12.1. The van der Waals surface area contributed by atoms with Crippen LogP contribution in [-0.2, 0) is 0 Å². The van der Waals surface area contributed by atoms with E-state index in [1.165, 1.54) is 53.1 Å². The van der Waals surface area contributed by atoms with Gasteiger partial charge < -0.3 is 0 Å². The number of Topliss-reactive ketones (excluding diaryl/α,β-unsaturated/α-hetero) is 1. The lowest BCUT2D eigenvalue weighted by atomic mass is 10.1. The molecule has 150 valence electrons. The van der Waals surface area contributed by atoms with Crippen LogP contribution in [0.2, 0.25) is 0 Å². The van der Waals surface area contributed by atoms with Crippen LogP contribution < -0.4 is 5.56 Å². The molecule has 4 rings (SSSR count). The fourth-order valence-electron chi connectivity index (χ4n) is 3.07. The van der Waals surface area contributed by atoms with Gasteiger partial charge in [-0.1, -0.05) is 23.9 Å². The molecule has 1 aromatic heterocycles. The zero-order valence-electron chi connectivity index (χ0n) is 15.9. The van der Waals surface area contributed by atoms with Crippen molar-refractivity contribution < 1.29 is 13.6 Å². The number of benzene rings is 3. The minimum atomic E-state index is -0.588. The number of halogens is 2. The smallest absolute Gasteiger partial charge is 0.266 e. The second-order valence-electron chi connectivity index (χ2n) is 6.66. The summed E-state index contributed by atoms with van der Waals surface area (Å²) in [5, 5.41) is 0.146. The Morgan fingerprint density at radius 1 is 0.933 bits per heavy atom. The number of rotatable bonds is 5. The summed E-state index contributed by atoms with van der Waals surface area (Å²) in [5.74, 6) is -1.06. The number of ketones is 1. The van der Waals surface area contributed by atoms with Crippen molar-refractivity contribution in [3.05, 3.63) is 100 Å². The first-order valence-electron chi connectivity index (χ1n) is 9.18. The molecule has 0 radical (unpaired) electrons. The van der Waals surface area contributed by atoms with Crippen LogP contribution in [0.15, 0.2) is 82.7 Å². The lowest BCUT2D eigenvalue weighted by molar-refractivity contribution is 0.0994. The van der Waals surface area contributed by atoms with Gasteiger partial charge in [0.25, 0.3) is 5.56 Å². The molecule has 0 spiro atoms. The summed E-state index contributed by atoms with van der Waals surface area (Å²) in [6, 6.07) is 17.7. The third kappa shape index (κ3) is 3.89. The Balaban J connectivity index is 1.79. The van der Waals surface area contributed by atoms with Crippen molar-refractivity contribution >= 4 is 28.4 Å². The number of fused-ring (bicyclic) bond motifs is 1. The summed E-state index contributed by atoms with van der Waals surface area (Å²) >= 11 is 1.12. The van der Waals surface area contributed by atoms with Crippen LogP contribution in [0.3, 0.4) is 0 Å². The van der Waals surface area contributed by atoms with E-state index in [1.807, 2.05) is 0 Å². The van der Waals surface area contributed by atoms with Crippen molar-refractivity contribution in [1.29, 1.82) is 0 Å². The molecule has 1 atom stereocenters. The van der Waals surface area contributed by atoms with E-state index in [-0.39, 0.29) is 11.3 Å². The summed E-state index contributed by atoms with van der Waals surface area (Å²) < 4.78 is 28.0. The van der Waals surface area contributed by atoms with Gasteiger partial charge in [-0.15, -0.1) is 0 Å². The number of aromatic nitrogens is 2. The van der Waals surface area contributed by atoms with Gasteiger partial charge in [0.1, 0.15) is 11.6 Å². The van der Waals surface area contributed by atoms with Crippen LogP contribution in [0.1, 0.15) is 17.3 Å². The van der Waals surface area contributed by atoms with E-state index >= 15 is 0 Å². The number of thioether (sulfide) groups is 1. The highest BCUT2D eigenvalue weighted by molar-refractivity contribution is 8.00. The van der Waals surface area contributed by atoms with E-state index in [2.05, 4.69) is 4.98 Å². The van der Waals surface area contributed by atoms with E-state index in [0.717, 1.165) is 11.8 Å². The summed E-state index contributed by atoms with van der Waals surface area (Å²) in [6.45, 7) is 1.70. The topological polar surface area (TPSA) is 52.0 Å². The van der Waals surface area contributed by atoms with Gasteiger partial charge in [0.2, 0.25) is 0 Å². The summed E-state index contributed by atoms with van der Waals surface area (Å²) in [4.78, 5) is 30.6. The predicted molar refractivity (Wildman–Crippen MR) is 113 cm³/mol. The van der Waals surface area contributed by atoms with Crippen molar-refractivity contribution in [2.75, 3.05) is 0 Å². The van der Waals surface area contributed by atoms with Crippen LogP contribution in [0, 0.1) is 11.6 Å². The molecule has 1 unspecified atom stereocenters. The Bertz CT molecular complexity index is 1290. The van der Waals surface area contributed by atoms with Crippen LogP contribution >= 0.6 is 11.8 Å². The number of para-hydroxylation sites is 1. The maximum Gasteiger partial charge on any atom is 0.266 e. The highest BCUT2D eigenvalue weighted by Crippen LogP contribution is 2.27. The Labute approximate surface area is 175 Å². The first-order valence-corrected chi connectivity index (χ1v) is 10.1. The molecule has 0 saturated heterocycles. The average Bonchev–Trinajstić information content (AvgIpc) is 2.75. The fourth-order valence-corrected chi connectivity index (χ4v) is 4.07. The van der Waals surface area contributed by atoms with E-state index in [4.69, 9.17) is 0 Å². The average molecular weight is 422 g/mol. The SMILES string of the molecule is CC(Sc1nc2ccccc2c(=O)n1-c1ccc(F)cc1)C(=O)c1ccc(F)cc1. The van der Waals surface area contributed by atoms with Crippen LogP contribution in [0.4, 0.5) is 8.78 Å². The highest BCUT2D eigenvalue weighted by atomic mass is 32.2. The molecular formula is C23H16F2N2O2S. The standard InChI is InChI=1S/C23H16F2N2O2S/c1-14(21(28)15-6-8-16(24)9-7-15)30-23-26-20-5-3-2-4-19(20)22(29)27(23)18-12-10-17(25)11-13-18/h2-14H,1H3. The third-order valence-corrected chi connectivity index (χ3v) is 5.66. The van der Waals surface area contributed by atoms with Crippen molar-refractivity contribution in [3.8, 4) is 5.69 Å². The maximum absolute atomic E-state index is 13.4. The number of nitrogens with zero attached hydrogens (tertiary/aromatic N) is 2. The molecule has 0 bridgehead atoms. The van der Waals surface area contributed by atoms with Gasteiger partial charge in [-0.3, -0.25) is 14.2 Å². The Morgan fingerprint density at radius 3 is 2.20 bits per heavy atom. The molecule has 0 aliphatic rings. The molecular weight excluding hydrogens is 406 g/mol. The highest BCUT2D eigenvalue weighted by Gasteiger charge is 2.21. The molecule has 1 heterocycles. The van der Waals surface area contributed by atoms with Gasteiger partial charge in [-0.25, -0.2) is 13.8 Å². The molecule has 3 aromatic carbocycles. The molecule has 30 heavy (non-hydrogen) atoms. The minimum absolute atomic E-state index is 0.215. The minimum Gasteiger partial charge on any atom is -0.293 e. The number of hydrogen-bond donors (Lipinski definition) is 0. The quantitative estimate of drug-likeness (QED) is 0.257. The van der Waals surface area contributed by atoms with Crippen LogP contribution in [-0.4, -0.2) is 20.6 Å². The Kier molecular flexibility index (Phi) is 5.46. The van der Waals surface area contributed by atoms with Gasteiger partial charge in [0, 0.05) is 5.56 Å². The summed E-state index contributed by atoms with van der Waals surface area (Å²) in [7, 11) is 0. The van der Waals surface area contributed by atoms with Gasteiger partial charge in [-0.2, -0.15) is 0 Å². The number of carbonyl (C=O) groups is 1. The molecule has 4 nitrogen and oxygen atoms in total. The van der Waals surface area contributed by atoms with E-state index in [9.17, 15) is 18.4 Å². The molecule has 4 aromatic rings. The monoisotopic (exact) mass is 422 g/mol. The molecule has 0 saturated carbocycles. The van der Waals surface area contributed by atoms with E-state index in [0.29, 0.717) is 27.3 Å². The van der Waals surface area contributed by atoms with Crippen LogP contribution in [0.5, 0.6) is 0 Å². The summed E-state index contributed by atoms with van der Waals surface area (Å²) in [6.07, 6.45) is 0. The van der Waals surface area contributed by atoms with Crippen molar-refractivity contribution in [3.63, 3.8) is 0 Å². The third-order valence-electron chi connectivity index (χ3n) is 4.61. The molecule has 0 fully saturated rings. The predicted octanol–water partition coefficient (Wildman–Crippen LogP) is 5.03. The van der Waals surface area contributed by atoms with E-state index in [1.54, 1.807) is 31.2 Å². The second-order valence-corrected chi connectivity index (χ2v) is 7.97. The van der Waals surface area contributed by atoms with Gasteiger partial charge in [0.05, 0.1) is 21.8 Å². The summed E-state index contributed by atoms with van der Waals surface area (Å²) in [5.41, 5.74) is 1.01. The Hall–Kier alpha value is -3.32. The van der Waals surface area contributed by atoms with Crippen LogP contribution in [0.25, 0.3) is 16.6 Å². The first-order chi connectivity index (χ1) is 14.4. The lowest BCUT2D eigenvalue weighted by Crippen LogP contribution is -2.23. The van der Waals surface area contributed by atoms with Gasteiger partial charge >= 0.3 is 0 Å². The zero-order chi connectivity index (χ0) is 21.3. The molecule has 0 amide bonds. The van der Waals surface area contributed by atoms with Crippen molar-refractivity contribution in [2.24, 2.45) is 0 Å². The van der Waals surface area contributed by atoms with Crippen molar-refractivity contribution in [2.45, 2.75) is 17.3 Å². The Morgan fingerprint density at radius 2 is 1.53 bits per heavy atom. The molecule has 0 aliphatic carbocycles. The fraction of sp³-hybridized carbons (Fsp3) is 0.0870. The van der Waals surface area contributed by atoms with Gasteiger partial charge in [-0.05, 0) is 67.6 Å². The largest absolute Gasteiger partial charge is 0.293 e. The molecule has 7 heteroatoms. The molecule has 0 N–H and O–H groups in total. The van der Waals surface area contributed by atoms with Gasteiger partial charge in [0.15, 0.2) is 10.9 Å². The van der Waals surface area contributed by atoms with E-state index < -0.39 is 16.9 Å². The number of carbonyl (C=O) groups excluding carboxylic acids is 1. The first kappa shape index (κ1) is 20.0.